The van der Waals surface area contributed by atoms with E-state index >= 15 is 0 Å². The molecule has 2 aromatic carbocycles. The molecule has 0 bridgehead atoms. The Kier molecular flexibility index (Phi) is 4.84. The summed E-state index contributed by atoms with van der Waals surface area (Å²) in [5.41, 5.74) is 1.73. The number of benzene rings is 2. The van der Waals surface area contributed by atoms with E-state index in [-0.39, 0.29) is 5.75 Å². The van der Waals surface area contributed by atoms with Crippen molar-refractivity contribution in [2.75, 3.05) is 21.3 Å². The van der Waals surface area contributed by atoms with Crippen molar-refractivity contribution in [2.24, 2.45) is 0 Å². The number of carbonyl (C=O) groups excluding carboxylic acids is 1. The van der Waals surface area contributed by atoms with Crippen LogP contribution in [0.15, 0.2) is 48.0 Å². The van der Waals surface area contributed by atoms with E-state index in [0.717, 1.165) is 0 Å². The molecule has 1 heterocycles. The standard InChI is InChI=1S/C20H18O6/c1-23-14-5-6-15(17(11-14)24-2)18-10-13(20(22)26-18)8-12-4-7-16(21)19(9-12)25-3/h4-11,21H,1-3H3/b13-8-. The summed E-state index contributed by atoms with van der Waals surface area (Å²) in [6.45, 7) is 0. The van der Waals surface area contributed by atoms with Crippen LogP contribution >= 0.6 is 0 Å². The maximum absolute atomic E-state index is 12.2. The monoisotopic (exact) mass is 354 g/mol. The van der Waals surface area contributed by atoms with Crippen molar-refractivity contribution in [1.82, 2.24) is 0 Å². The molecule has 6 nitrogen and oxygen atoms in total. The van der Waals surface area contributed by atoms with Gasteiger partial charge in [0, 0.05) is 6.07 Å². The van der Waals surface area contributed by atoms with Crippen LogP contribution in [0.25, 0.3) is 11.8 Å². The van der Waals surface area contributed by atoms with Crippen LogP contribution in [0.2, 0.25) is 0 Å². The fourth-order valence-electron chi connectivity index (χ4n) is 2.59. The number of ether oxygens (including phenoxy) is 4. The van der Waals surface area contributed by atoms with Gasteiger partial charge in [-0.15, -0.1) is 0 Å². The second-order valence-electron chi connectivity index (χ2n) is 5.50. The Balaban J connectivity index is 1.97. The van der Waals surface area contributed by atoms with Crippen LogP contribution in [0.3, 0.4) is 0 Å². The second-order valence-corrected chi connectivity index (χ2v) is 5.50. The zero-order chi connectivity index (χ0) is 18.7. The molecule has 0 aliphatic carbocycles. The first-order chi connectivity index (χ1) is 12.5. The highest BCUT2D eigenvalue weighted by Crippen LogP contribution is 2.35. The third kappa shape index (κ3) is 3.35. The summed E-state index contributed by atoms with van der Waals surface area (Å²) in [4.78, 5) is 12.2. The Hall–Kier alpha value is -3.41. The molecule has 1 N–H and O–H groups in total. The molecule has 0 amide bonds. The highest BCUT2D eigenvalue weighted by atomic mass is 16.5. The van der Waals surface area contributed by atoms with Crippen molar-refractivity contribution in [3.8, 4) is 23.0 Å². The Morgan fingerprint density at radius 1 is 0.962 bits per heavy atom. The number of cyclic esters (lactones) is 1. The largest absolute Gasteiger partial charge is 0.504 e. The van der Waals surface area contributed by atoms with Gasteiger partial charge in [0.1, 0.15) is 17.3 Å². The first kappa shape index (κ1) is 17.4. The number of hydrogen-bond donors (Lipinski definition) is 1. The Morgan fingerprint density at radius 2 is 1.73 bits per heavy atom. The zero-order valence-electron chi connectivity index (χ0n) is 14.6. The van der Waals surface area contributed by atoms with Crippen LogP contribution in [-0.4, -0.2) is 32.4 Å². The molecule has 0 saturated carbocycles. The van der Waals surface area contributed by atoms with Gasteiger partial charge in [-0.1, -0.05) is 6.07 Å². The number of phenolic OH excluding ortho intramolecular Hbond substituents is 1. The fourth-order valence-corrected chi connectivity index (χ4v) is 2.59. The van der Waals surface area contributed by atoms with E-state index < -0.39 is 5.97 Å². The smallest absolute Gasteiger partial charge is 0.343 e. The molecule has 26 heavy (non-hydrogen) atoms. The van der Waals surface area contributed by atoms with E-state index in [2.05, 4.69) is 0 Å². The summed E-state index contributed by atoms with van der Waals surface area (Å²) in [7, 11) is 4.56. The normalized spacial score (nSPS) is 14.8. The van der Waals surface area contributed by atoms with Gasteiger partial charge in [-0.25, -0.2) is 4.79 Å². The van der Waals surface area contributed by atoms with Crippen molar-refractivity contribution in [1.29, 1.82) is 0 Å². The van der Waals surface area contributed by atoms with Gasteiger partial charge in [0.15, 0.2) is 11.5 Å². The number of carbonyl (C=O) groups is 1. The van der Waals surface area contributed by atoms with E-state index in [0.29, 0.717) is 39.7 Å². The van der Waals surface area contributed by atoms with E-state index in [1.54, 1.807) is 49.6 Å². The number of esters is 1. The minimum atomic E-state index is -0.468. The van der Waals surface area contributed by atoms with Crippen molar-refractivity contribution in [3.05, 3.63) is 59.2 Å². The molecule has 2 aromatic rings. The van der Waals surface area contributed by atoms with Gasteiger partial charge in [-0.05, 0) is 42.0 Å². The average molecular weight is 354 g/mol. The maximum Gasteiger partial charge on any atom is 0.343 e. The van der Waals surface area contributed by atoms with Crippen LogP contribution in [0, 0.1) is 0 Å². The predicted octanol–water partition coefficient (Wildman–Crippen LogP) is 3.40. The summed E-state index contributed by atoms with van der Waals surface area (Å²) in [5, 5.41) is 9.67. The molecule has 134 valence electrons. The number of phenols is 1. The molecule has 3 rings (SSSR count). The highest BCUT2D eigenvalue weighted by molar-refractivity contribution is 6.05. The summed E-state index contributed by atoms with van der Waals surface area (Å²) < 4.78 is 21.0. The number of hydrogen-bond acceptors (Lipinski definition) is 6. The van der Waals surface area contributed by atoms with Crippen molar-refractivity contribution in [2.45, 2.75) is 0 Å². The number of rotatable bonds is 5. The topological polar surface area (TPSA) is 74.2 Å². The van der Waals surface area contributed by atoms with E-state index in [4.69, 9.17) is 18.9 Å². The van der Waals surface area contributed by atoms with Crippen LogP contribution in [-0.2, 0) is 9.53 Å². The Morgan fingerprint density at radius 3 is 2.42 bits per heavy atom. The molecule has 0 unspecified atom stereocenters. The molecular formula is C20H18O6. The first-order valence-electron chi connectivity index (χ1n) is 7.80. The van der Waals surface area contributed by atoms with Crippen LogP contribution in [0.4, 0.5) is 0 Å². The maximum atomic E-state index is 12.2. The molecule has 0 saturated heterocycles. The quantitative estimate of drug-likeness (QED) is 0.655. The summed E-state index contributed by atoms with van der Waals surface area (Å²) in [6, 6.07) is 10.1. The lowest BCUT2D eigenvalue weighted by atomic mass is 10.1. The second kappa shape index (κ2) is 7.23. The van der Waals surface area contributed by atoms with Gasteiger partial charge < -0.3 is 24.1 Å². The minimum absolute atomic E-state index is 0.0304. The highest BCUT2D eigenvalue weighted by Gasteiger charge is 2.24. The van der Waals surface area contributed by atoms with Gasteiger partial charge in [0.2, 0.25) is 0 Å². The van der Waals surface area contributed by atoms with Gasteiger partial charge in [0.25, 0.3) is 0 Å². The average Bonchev–Trinajstić information content (AvgIpc) is 3.02. The lowest BCUT2D eigenvalue weighted by Gasteiger charge is -2.10. The van der Waals surface area contributed by atoms with E-state index in [9.17, 15) is 9.90 Å². The predicted molar refractivity (Wildman–Crippen MR) is 96.3 cm³/mol. The van der Waals surface area contributed by atoms with E-state index in [1.807, 2.05) is 0 Å². The summed E-state index contributed by atoms with van der Waals surface area (Å²) >= 11 is 0. The summed E-state index contributed by atoms with van der Waals surface area (Å²) in [5.74, 6) is 1.46. The molecule has 0 spiro atoms. The molecule has 0 radical (unpaired) electrons. The Bertz CT molecular complexity index is 911. The summed E-state index contributed by atoms with van der Waals surface area (Å²) in [6.07, 6.45) is 3.30. The first-order valence-corrected chi connectivity index (χ1v) is 7.80. The molecule has 0 fully saturated rings. The third-order valence-corrected chi connectivity index (χ3v) is 3.93. The SMILES string of the molecule is COc1ccc(C2=C/C(=C/c3ccc(O)c(OC)c3)C(=O)O2)c(OC)c1. The molecule has 6 heteroatoms. The minimum Gasteiger partial charge on any atom is -0.504 e. The fraction of sp³-hybridized carbons (Fsp3) is 0.150. The van der Waals surface area contributed by atoms with Crippen LogP contribution in [0.1, 0.15) is 11.1 Å². The van der Waals surface area contributed by atoms with Gasteiger partial charge in [-0.2, -0.15) is 0 Å². The lowest BCUT2D eigenvalue weighted by Crippen LogP contribution is -1.98. The molecule has 0 aromatic heterocycles. The lowest BCUT2D eigenvalue weighted by molar-refractivity contribution is -0.130. The van der Waals surface area contributed by atoms with Crippen molar-refractivity contribution in [3.63, 3.8) is 0 Å². The molecule has 0 atom stereocenters. The molecule has 1 aliphatic heterocycles. The van der Waals surface area contributed by atoms with Gasteiger partial charge >= 0.3 is 5.97 Å². The third-order valence-electron chi connectivity index (χ3n) is 3.93. The molecular weight excluding hydrogens is 336 g/mol. The van der Waals surface area contributed by atoms with Crippen LogP contribution < -0.4 is 14.2 Å². The van der Waals surface area contributed by atoms with E-state index in [1.165, 1.54) is 20.3 Å². The zero-order valence-corrected chi connectivity index (χ0v) is 14.6. The molecule has 1 aliphatic rings. The number of aromatic hydroxyl groups is 1. The van der Waals surface area contributed by atoms with Gasteiger partial charge in [0.05, 0.1) is 32.5 Å². The Labute approximate surface area is 150 Å². The van der Waals surface area contributed by atoms with Gasteiger partial charge in [-0.3, -0.25) is 0 Å². The number of methoxy groups -OCH3 is 3. The van der Waals surface area contributed by atoms with Crippen molar-refractivity contribution < 1.29 is 28.8 Å². The van der Waals surface area contributed by atoms with Crippen molar-refractivity contribution >= 4 is 17.8 Å². The van der Waals surface area contributed by atoms with Crippen LogP contribution in [0.5, 0.6) is 23.0 Å².